The summed E-state index contributed by atoms with van der Waals surface area (Å²) in [6.45, 7) is 5.26. The van der Waals surface area contributed by atoms with Crippen molar-refractivity contribution in [3.63, 3.8) is 0 Å². The van der Waals surface area contributed by atoms with Crippen molar-refractivity contribution in [2.75, 3.05) is 33.4 Å². The highest BCUT2D eigenvalue weighted by Gasteiger charge is 2.39. The number of hydrogen-bond donors (Lipinski definition) is 3. The van der Waals surface area contributed by atoms with Crippen LogP contribution in [0.5, 0.6) is 11.5 Å². The normalized spacial score (nSPS) is 19.5. The van der Waals surface area contributed by atoms with Gasteiger partial charge in [-0.1, -0.05) is 12.1 Å². The van der Waals surface area contributed by atoms with Gasteiger partial charge in [0.05, 0.1) is 36.6 Å². The number of nitrogens with one attached hydrogen (secondary N) is 2. The van der Waals surface area contributed by atoms with E-state index >= 15 is 0 Å². The molecular formula is C43H43N3O9. The molecule has 4 aromatic carbocycles. The van der Waals surface area contributed by atoms with Crippen molar-refractivity contribution in [3.05, 3.63) is 84.3 Å². The van der Waals surface area contributed by atoms with E-state index in [1.54, 1.807) is 26.4 Å². The molecule has 6 aromatic rings. The average molecular weight is 746 g/mol. The average Bonchev–Trinajstić information content (AvgIpc) is 3.72. The van der Waals surface area contributed by atoms with Crippen LogP contribution in [0.15, 0.2) is 82.0 Å². The Labute approximate surface area is 316 Å². The Morgan fingerprint density at radius 2 is 1.36 bits per heavy atom. The van der Waals surface area contributed by atoms with Crippen LogP contribution < -0.4 is 20.1 Å². The lowest BCUT2D eigenvalue weighted by atomic mass is 9.80. The second-order valence-corrected chi connectivity index (χ2v) is 15.5. The maximum absolute atomic E-state index is 13.5. The lowest BCUT2D eigenvalue weighted by Crippen LogP contribution is -2.47. The fourth-order valence-corrected chi connectivity index (χ4v) is 7.85. The van der Waals surface area contributed by atoms with Crippen LogP contribution in [-0.2, 0) is 19.2 Å². The Bertz CT molecular complexity index is 2470. The second-order valence-electron chi connectivity index (χ2n) is 15.5. The monoisotopic (exact) mass is 745 g/mol. The van der Waals surface area contributed by atoms with Crippen molar-refractivity contribution in [3.8, 4) is 11.5 Å². The summed E-state index contributed by atoms with van der Waals surface area (Å²) in [5, 5.41) is 20.4. The number of amides is 4. The number of imide groups is 2. The SMILES string of the molecule is CN(CCOc1ccc2cc3occ(C4CCC(=O)NC4=O)c3cc2c1)CC1CC(=O)NC(=O)C1c1coc2cc3ccc(OCCC(C)(C)O)cc3cc12. The number of carbonyl (C=O) groups is 4. The molecule has 0 radical (unpaired) electrons. The molecule has 12 heteroatoms. The van der Waals surface area contributed by atoms with Crippen LogP contribution >= 0.6 is 0 Å². The smallest absolute Gasteiger partial charge is 0.234 e. The molecule has 0 aliphatic carbocycles. The number of nitrogens with zero attached hydrogens (tertiary/aromatic N) is 1. The van der Waals surface area contributed by atoms with Gasteiger partial charge in [0.15, 0.2) is 0 Å². The third-order valence-electron chi connectivity index (χ3n) is 10.8. The Morgan fingerprint density at radius 3 is 2.00 bits per heavy atom. The van der Waals surface area contributed by atoms with Gasteiger partial charge in [-0.05, 0) is 103 Å². The molecular weight excluding hydrogens is 702 g/mol. The number of rotatable bonds is 12. The predicted octanol–water partition coefficient (Wildman–Crippen LogP) is 6.30. The van der Waals surface area contributed by atoms with Crippen molar-refractivity contribution >= 4 is 67.1 Å². The highest BCUT2D eigenvalue weighted by atomic mass is 16.5. The molecule has 284 valence electrons. The molecule has 0 bridgehead atoms. The summed E-state index contributed by atoms with van der Waals surface area (Å²) >= 11 is 0. The zero-order valence-electron chi connectivity index (χ0n) is 31.0. The third kappa shape index (κ3) is 7.65. The van der Waals surface area contributed by atoms with E-state index in [1.165, 1.54) is 0 Å². The maximum atomic E-state index is 13.5. The van der Waals surface area contributed by atoms with Crippen LogP contribution in [0.3, 0.4) is 0 Å². The third-order valence-corrected chi connectivity index (χ3v) is 10.8. The number of ether oxygens (including phenoxy) is 2. The molecule has 2 aromatic heterocycles. The van der Waals surface area contributed by atoms with Gasteiger partial charge in [0.2, 0.25) is 23.6 Å². The van der Waals surface area contributed by atoms with E-state index in [1.807, 2.05) is 67.7 Å². The van der Waals surface area contributed by atoms with Gasteiger partial charge in [0.1, 0.15) is 29.3 Å². The van der Waals surface area contributed by atoms with Crippen LogP contribution in [0.2, 0.25) is 0 Å². The number of furan rings is 2. The van der Waals surface area contributed by atoms with Gasteiger partial charge in [-0.15, -0.1) is 0 Å². The fourth-order valence-electron chi connectivity index (χ4n) is 7.85. The Balaban J connectivity index is 0.951. The van der Waals surface area contributed by atoms with Crippen LogP contribution in [-0.4, -0.2) is 72.6 Å². The zero-order chi connectivity index (χ0) is 38.4. The minimum Gasteiger partial charge on any atom is -0.493 e. The minimum absolute atomic E-state index is 0.190. The molecule has 4 heterocycles. The summed E-state index contributed by atoms with van der Waals surface area (Å²) in [5.41, 5.74) is 1.99. The van der Waals surface area contributed by atoms with Gasteiger partial charge in [0, 0.05) is 54.3 Å². The summed E-state index contributed by atoms with van der Waals surface area (Å²) in [5.74, 6) is -1.20. The van der Waals surface area contributed by atoms with Gasteiger partial charge in [0.25, 0.3) is 0 Å². The lowest BCUT2D eigenvalue weighted by Gasteiger charge is -2.32. The van der Waals surface area contributed by atoms with E-state index in [4.69, 9.17) is 18.3 Å². The molecule has 2 aliphatic rings. The van der Waals surface area contributed by atoms with E-state index < -0.39 is 17.4 Å². The molecule has 8 rings (SSSR count). The maximum Gasteiger partial charge on any atom is 0.234 e. The molecule has 2 saturated heterocycles. The van der Waals surface area contributed by atoms with Crippen molar-refractivity contribution in [2.45, 2.75) is 57.0 Å². The predicted molar refractivity (Wildman–Crippen MR) is 206 cm³/mol. The quantitative estimate of drug-likeness (QED) is 0.121. The summed E-state index contributed by atoms with van der Waals surface area (Å²) in [6, 6.07) is 19.5. The van der Waals surface area contributed by atoms with Crippen molar-refractivity contribution in [1.29, 1.82) is 0 Å². The van der Waals surface area contributed by atoms with Crippen LogP contribution in [0.25, 0.3) is 43.5 Å². The van der Waals surface area contributed by atoms with Gasteiger partial charge in [-0.2, -0.15) is 0 Å². The topological polar surface area (TPSA) is 161 Å². The molecule has 55 heavy (non-hydrogen) atoms. The first kappa shape index (κ1) is 36.3. The fraction of sp³-hybridized carbons (Fsp3) is 0.349. The first-order chi connectivity index (χ1) is 26.4. The van der Waals surface area contributed by atoms with Crippen molar-refractivity contribution in [2.24, 2.45) is 5.92 Å². The van der Waals surface area contributed by atoms with E-state index in [0.29, 0.717) is 61.8 Å². The Hall–Kier alpha value is -5.72. The summed E-state index contributed by atoms with van der Waals surface area (Å²) in [7, 11) is 1.95. The Kier molecular flexibility index (Phi) is 9.56. The summed E-state index contributed by atoms with van der Waals surface area (Å²) in [6.07, 6.45) is 4.64. The van der Waals surface area contributed by atoms with Gasteiger partial charge < -0.3 is 28.3 Å². The highest BCUT2D eigenvalue weighted by Crippen LogP contribution is 2.39. The molecule has 3 atom stereocenters. The summed E-state index contributed by atoms with van der Waals surface area (Å²) in [4.78, 5) is 52.5. The zero-order valence-corrected chi connectivity index (χ0v) is 31.0. The molecule has 3 N–H and O–H groups in total. The molecule has 4 amide bonds. The molecule has 2 aliphatic heterocycles. The second kappa shape index (κ2) is 14.5. The molecule has 3 unspecified atom stereocenters. The van der Waals surface area contributed by atoms with Crippen molar-refractivity contribution < 1.29 is 42.6 Å². The molecule has 0 saturated carbocycles. The molecule has 2 fully saturated rings. The van der Waals surface area contributed by atoms with Gasteiger partial charge in [-0.25, -0.2) is 0 Å². The van der Waals surface area contributed by atoms with Gasteiger partial charge >= 0.3 is 0 Å². The van der Waals surface area contributed by atoms with Crippen LogP contribution in [0.1, 0.15) is 62.5 Å². The number of piperidine rings is 2. The van der Waals surface area contributed by atoms with E-state index in [0.717, 1.165) is 43.4 Å². The van der Waals surface area contributed by atoms with E-state index in [-0.39, 0.29) is 42.4 Å². The van der Waals surface area contributed by atoms with Crippen molar-refractivity contribution in [1.82, 2.24) is 15.5 Å². The standard InChI is InChI=1S/C43H43N3O9/c1-43(2,51)10-12-52-29-6-4-25-19-37-33(17-27(25)14-29)35(23-55-37)40-28(20-39(48)45-42(40)50)21-46(3)11-13-53-30-7-5-24-18-36-32(16-26(24)15-30)34(22-54-36)31-8-9-38(47)44-41(31)49/h4-7,14-19,22-23,28,31,40,51H,8-13,20-21H2,1-3H3,(H,44,47,49)(H,45,48,50). The summed E-state index contributed by atoms with van der Waals surface area (Å²) < 4.78 is 23.9. The number of aliphatic hydroxyl groups is 1. The van der Waals surface area contributed by atoms with Crippen LogP contribution in [0, 0.1) is 5.92 Å². The van der Waals surface area contributed by atoms with Gasteiger partial charge in [-0.3, -0.25) is 29.8 Å². The van der Waals surface area contributed by atoms with E-state index in [2.05, 4.69) is 15.5 Å². The molecule has 0 spiro atoms. The Morgan fingerprint density at radius 1 is 0.764 bits per heavy atom. The molecule has 12 nitrogen and oxygen atoms in total. The first-order valence-electron chi connectivity index (χ1n) is 18.6. The number of hydrogen-bond acceptors (Lipinski definition) is 10. The first-order valence-corrected chi connectivity index (χ1v) is 18.6. The lowest BCUT2D eigenvalue weighted by molar-refractivity contribution is -0.137. The number of carbonyl (C=O) groups excluding carboxylic acids is 4. The minimum atomic E-state index is -0.825. The number of fused-ring (bicyclic) bond motifs is 4. The number of benzene rings is 4. The number of likely N-dealkylation sites (N-methyl/N-ethyl adjacent to an activating group) is 1. The largest absolute Gasteiger partial charge is 0.493 e. The van der Waals surface area contributed by atoms with E-state index in [9.17, 15) is 24.3 Å². The highest BCUT2D eigenvalue weighted by molar-refractivity contribution is 6.06. The van der Waals surface area contributed by atoms with Crippen LogP contribution in [0.4, 0.5) is 0 Å².